The molecule has 0 saturated carbocycles. The van der Waals surface area contributed by atoms with Crippen LogP contribution in [0.25, 0.3) is 11.1 Å². The highest BCUT2D eigenvalue weighted by atomic mass is 16.5. The third-order valence-electron chi connectivity index (χ3n) is 6.76. The monoisotopic (exact) mass is 406 g/mol. The van der Waals surface area contributed by atoms with Crippen LogP contribution in [-0.2, 0) is 28.9 Å². The molecular formula is C26H34N2O2. The first-order valence-electron chi connectivity index (χ1n) is 11.4. The predicted molar refractivity (Wildman–Crippen MR) is 121 cm³/mol. The van der Waals surface area contributed by atoms with Crippen molar-refractivity contribution in [3.63, 3.8) is 0 Å². The molecule has 2 heterocycles. The van der Waals surface area contributed by atoms with Gasteiger partial charge in [0.1, 0.15) is 0 Å². The summed E-state index contributed by atoms with van der Waals surface area (Å²) in [7, 11) is 1.64. The lowest BCUT2D eigenvalue weighted by molar-refractivity contribution is -0.133. The van der Waals surface area contributed by atoms with Gasteiger partial charge in [-0.3, -0.25) is 4.79 Å². The van der Waals surface area contributed by atoms with Gasteiger partial charge in [0.25, 0.3) is 0 Å². The normalized spacial score (nSPS) is 19.1. The smallest absolute Gasteiger partial charge is 0.225 e. The number of nitrogens with zero attached hydrogens (tertiary/aromatic N) is 2. The average molecular weight is 407 g/mol. The standard InChI is InChI=1S/C26H34N2O2/c1-20-4-3-14-27(20)15-11-21-5-7-22(8-6-21)23-9-10-25-19-28(16-12-24(25)18-23)26(29)13-17-30-2/h5-10,18,20H,3-4,11-17,19H2,1-2H3. The first-order valence-corrected chi connectivity index (χ1v) is 11.4. The van der Waals surface area contributed by atoms with Crippen molar-refractivity contribution in [2.75, 3.05) is 33.4 Å². The van der Waals surface area contributed by atoms with Crippen LogP contribution in [-0.4, -0.2) is 55.1 Å². The summed E-state index contributed by atoms with van der Waals surface area (Å²) >= 11 is 0. The van der Waals surface area contributed by atoms with E-state index in [9.17, 15) is 4.79 Å². The summed E-state index contributed by atoms with van der Waals surface area (Å²) in [6.07, 6.45) is 5.20. The summed E-state index contributed by atoms with van der Waals surface area (Å²) in [5, 5.41) is 0. The fourth-order valence-corrected chi connectivity index (χ4v) is 4.75. The maximum atomic E-state index is 12.3. The molecule has 1 atom stereocenters. The van der Waals surface area contributed by atoms with Crippen LogP contribution in [0.3, 0.4) is 0 Å². The molecule has 2 aliphatic rings. The summed E-state index contributed by atoms with van der Waals surface area (Å²) in [5.74, 6) is 0.186. The largest absolute Gasteiger partial charge is 0.384 e. The molecule has 4 heteroatoms. The predicted octanol–water partition coefficient (Wildman–Crippen LogP) is 4.30. The Balaban J connectivity index is 1.37. The van der Waals surface area contributed by atoms with Crippen molar-refractivity contribution in [1.82, 2.24) is 9.80 Å². The van der Waals surface area contributed by atoms with Crippen LogP contribution in [0.5, 0.6) is 0 Å². The van der Waals surface area contributed by atoms with Crippen LogP contribution < -0.4 is 0 Å². The van der Waals surface area contributed by atoms with E-state index in [4.69, 9.17) is 4.74 Å². The second-order valence-corrected chi connectivity index (χ2v) is 8.77. The molecule has 1 unspecified atom stereocenters. The van der Waals surface area contributed by atoms with Gasteiger partial charge < -0.3 is 14.5 Å². The Labute approximate surface area is 180 Å². The molecule has 30 heavy (non-hydrogen) atoms. The highest BCUT2D eigenvalue weighted by Crippen LogP contribution is 2.27. The molecule has 4 nitrogen and oxygen atoms in total. The first kappa shape index (κ1) is 21.1. The van der Waals surface area contributed by atoms with Crippen LogP contribution in [0, 0.1) is 0 Å². The zero-order chi connectivity index (χ0) is 20.9. The van der Waals surface area contributed by atoms with E-state index in [0.29, 0.717) is 19.6 Å². The van der Waals surface area contributed by atoms with E-state index in [2.05, 4.69) is 54.3 Å². The molecule has 0 aliphatic carbocycles. The number of hydrogen-bond donors (Lipinski definition) is 0. The van der Waals surface area contributed by atoms with Crippen LogP contribution in [0.2, 0.25) is 0 Å². The molecule has 0 N–H and O–H groups in total. The van der Waals surface area contributed by atoms with Gasteiger partial charge in [0.15, 0.2) is 0 Å². The fourth-order valence-electron chi connectivity index (χ4n) is 4.75. The van der Waals surface area contributed by atoms with E-state index >= 15 is 0 Å². The first-order chi connectivity index (χ1) is 14.6. The molecule has 0 aromatic heterocycles. The van der Waals surface area contributed by atoms with Crippen molar-refractivity contribution in [3.8, 4) is 11.1 Å². The van der Waals surface area contributed by atoms with Gasteiger partial charge in [-0.2, -0.15) is 0 Å². The van der Waals surface area contributed by atoms with Crippen LogP contribution >= 0.6 is 0 Å². The number of carbonyl (C=O) groups excluding carboxylic acids is 1. The molecule has 2 aromatic rings. The highest BCUT2D eigenvalue weighted by molar-refractivity contribution is 5.77. The number of benzene rings is 2. The minimum atomic E-state index is 0.186. The number of fused-ring (bicyclic) bond motifs is 1. The van der Waals surface area contributed by atoms with E-state index in [1.165, 1.54) is 53.7 Å². The summed E-state index contributed by atoms with van der Waals surface area (Å²) in [6.45, 7) is 6.77. The van der Waals surface area contributed by atoms with Gasteiger partial charge >= 0.3 is 0 Å². The van der Waals surface area contributed by atoms with E-state index in [0.717, 1.165) is 25.4 Å². The number of carbonyl (C=O) groups is 1. The molecule has 1 saturated heterocycles. The second-order valence-electron chi connectivity index (χ2n) is 8.77. The van der Waals surface area contributed by atoms with E-state index in [1.807, 2.05) is 4.90 Å². The van der Waals surface area contributed by atoms with Crippen LogP contribution in [0.1, 0.15) is 42.9 Å². The van der Waals surface area contributed by atoms with Crippen molar-refractivity contribution in [2.45, 2.75) is 51.6 Å². The molecule has 2 aromatic carbocycles. The van der Waals surface area contributed by atoms with Gasteiger partial charge in [-0.15, -0.1) is 0 Å². The average Bonchev–Trinajstić information content (AvgIpc) is 3.20. The number of hydrogen-bond acceptors (Lipinski definition) is 3. The molecule has 160 valence electrons. The number of methoxy groups -OCH3 is 1. The zero-order valence-corrected chi connectivity index (χ0v) is 18.4. The Morgan fingerprint density at radius 3 is 2.60 bits per heavy atom. The van der Waals surface area contributed by atoms with Crippen molar-refractivity contribution < 1.29 is 9.53 Å². The Morgan fingerprint density at radius 1 is 1.07 bits per heavy atom. The lowest BCUT2D eigenvalue weighted by Crippen LogP contribution is -2.36. The van der Waals surface area contributed by atoms with Crippen molar-refractivity contribution in [2.24, 2.45) is 0 Å². The maximum absolute atomic E-state index is 12.3. The van der Waals surface area contributed by atoms with Gasteiger partial charge in [-0.05, 0) is 67.0 Å². The molecule has 1 amide bonds. The number of rotatable bonds is 7. The summed E-state index contributed by atoms with van der Waals surface area (Å²) < 4.78 is 5.04. The number of likely N-dealkylation sites (tertiary alicyclic amines) is 1. The SMILES string of the molecule is COCCC(=O)N1CCc2cc(-c3ccc(CCN4CCCC4C)cc3)ccc2C1. The Morgan fingerprint density at radius 2 is 1.87 bits per heavy atom. The molecule has 0 radical (unpaired) electrons. The summed E-state index contributed by atoms with van der Waals surface area (Å²) in [5.41, 5.74) is 6.60. The molecular weight excluding hydrogens is 372 g/mol. The third kappa shape index (κ3) is 4.93. The lowest BCUT2D eigenvalue weighted by atomic mass is 9.94. The molecule has 1 fully saturated rings. The van der Waals surface area contributed by atoms with Gasteiger partial charge in [0.2, 0.25) is 5.91 Å². The van der Waals surface area contributed by atoms with Gasteiger partial charge in [0, 0.05) is 32.8 Å². The quantitative estimate of drug-likeness (QED) is 0.687. The summed E-state index contributed by atoms with van der Waals surface area (Å²) in [6, 6.07) is 16.5. The minimum absolute atomic E-state index is 0.186. The minimum Gasteiger partial charge on any atom is -0.384 e. The van der Waals surface area contributed by atoms with Crippen molar-refractivity contribution in [1.29, 1.82) is 0 Å². The van der Waals surface area contributed by atoms with Crippen molar-refractivity contribution >= 4 is 5.91 Å². The third-order valence-corrected chi connectivity index (χ3v) is 6.76. The molecule has 0 bridgehead atoms. The van der Waals surface area contributed by atoms with Gasteiger partial charge in [-0.1, -0.05) is 42.5 Å². The van der Waals surface area contributed by atoms with Gasteiger partial charge in [0.05, 0.1) is 13.0 Å². The lowest BCUT2D eigenvalue weighted by Gasteiger charge is -2.29. The second kappa shape index (κ2) is 9.76. The van der Waals surface area contributed by atoms with Crippen LogP contribution in [0.4, 0.5) is 0 Å². The Hall–Kier alpha value is -2.17. The van der Waals surface area contributed by atoms with Crippen LogP contribution in [0.15, 0.2) is 42.5 Å². The van der Waals surface area contributed by atoms with E-state index in [-0.39, 0.29) is 5.91 Å². The highest BCUT2D eigenvalue weighted by Gasteiger charge is 2.21. The molecule has 4 rings (SSSR count). The number of amides is 1. The molecule has 0 spiro atoms. The maximum Gasteiger partial charge on any atom is 0.225 e. The van der Waals surface area contributed by atoms with Gasteiger partial charge in [-0.25, -0.2) is 0 Å². The fraction of sp³-hybridized carbons (Fsp3) is 0.500. The topological polar surface area (TPSA) is 32.8 Å². The number of ether oxygens (including phenoxy) is 1. The Bertz CT molecular complexity index is 862. The van der Waals surface area contributed by atoms with E-state index in [1.54, 1.807) is 7.11 Å². The molecule has 2 aliphatic heterocycles. The Kier molecular flexibility index (Phi) is 6.86. The van der Waals surface area contributed by atoms with Crippen molar-refractivity contribution in [3.05, 3.63) is 59.2 Å². The summed E-state index contributed by atoms with van der Waals surface area (Å²) in [4.78, 5) is 16.9. The zero-order valence-electron chi connectivity index (χ0n) is 18.4. The van der Waals surface area contributed by atoms with E-state index < -0.39 is 0 Å².